The van der Waals surface area contributed by atoms with Gasteiger partial charge in [0.1, 0.15) is 0 Å². The molecule has 2 aromatic rings. The molecular formula is C19H19ClN2O. The first-order chi connectivity index (χ1) is 11.2. The lowest BCUT2D eigenvalue weighted by atomic mass is 10.1. The number of amides is 2. The molecule has 0 aliphatic heterocycles. The van der Waals surface area contributed by atoms with E-state index in [1.54, 1.807) is 0 Å². The number of nitrogens with zero attached hydrogens (tertiary/aromatic N) is 1. The summed E-state index contributed by atoms with van der Waals surface area (Å²) in [5.74, 6) is 0. The molecule has 3 nitrogen and oxygen atoms in total. The second-order valence-electron chi connectivity index (χ2n) is 5.65. The molecule has 0 spiro atoms. The predicted molar refractivity (Wildman–Crippen MR) is 94.6 cm³/mol. The largest absolute Gasteiger partial charge is 0.322 e. The van der Waals surface area contributed by atoms with E-state index in [0.29, 0.717) is 11.6 Å². The lowest BCUT2D eigenvalue weighted by molar-refractivity contribution is 0.186. The standard InChI is InChI=1S/C19H19ClN2O/c20-16-12-10-15(11-13-16)14-22(18-8-4-5-9-18)19(23)21-17-6-2-1-3-7-17/h1-7,10-13,18H,8-9,14H2,(H,21,23). The van der Waals surface area contributed by atoms with E-state index in [2.05, 4.69) is 17.5 Å². The highest BCUT2D eigenvalue weighted by Crippen LogP contribution is 2.22. The number of rotatable bonds is 4. The lowest BCUT2D eigenvalue weighted by Crippen LogP contribution is -2.41. The Labute approximate surface area is 141 Å². The van der Waals surface area contributed by atoms with Crippen molar-refractivity contribution < 1.29 is 4.79 Å². The van der Waals surface area contributed by atoms with Crippen molar-refractivity contribution in [3.63, 3.8) is 0 Å². The Kier molecular flexibility index (Phi) is 4.99. The van der Waals surface area contributed by atoms with Crippen LogP contribution in [0.4, 0.5) is 10.5 Å². The first kappa shape index (κ1) is 15.6. The number of benzene rings is 2. The topological polar surface area (TPSA) is 32.3 Å². The molecule has 0 saturated carbocycles. The number of anilines is 1. The second kappa shape index (κ2) is 7.34. The summed E-state index contributed by atoms with van der Waals surface area (Å²) in [5, 5.41) is 3.69. The van der Waals surface area contributed by atoms with Gasteiger partial charge in [-0.3, -0.25) is 0 Å². The van der Waals surface area contributed by atoms with Gasteiger partial charge in [0.2, 0.25) is 0 Å². The molecule has 0 atom stereocenters. The van der Waals surface area contributed by atoms with Crippen LogP contribution in [0.5, 0.6) is 0 Å². The minimum Gasteiger partial charge on any atom is -0.317 e. The summed E-state index contributed by atoms with van der Waals surface area (Å²) in [7, 11) is 0. The summed E-state index contributed by atoms with van der Waals surface area (Å²) in [6.45, 7) is 0.572. The summed E-state index contributed by atoms with van der Waals surface area (Å²) < 4.78 is 0. The van der Waals surface area contributed by atoms with Crippen molar-refractivity contribution in [1.29, 1.82) is 0 Å². The maximum atomic E-state index is 12.7. The maximum absolute atomic E-state index is 12.7. The van der Waals surface area contributed by atoms with Gasteiger partial charge in [-0.2, -0.15) is 0 Å². The van der Waals surface area contributed by atoms with Crippen molar-refractivity contribution >= 4 is 23.3 Å². The van der Waals surface area contributed by atoms with Crippen LogP contribution in [0.15, 0.2) is 66.7 Å². The van der Waals surface area contributed by atoms with Crippen LogP contribution in [-0.4, -0.2) is 17.0 Å². The molecule has 3 rings (SSSR count). The Morgan fingerprint density at radius 2 is 1.70 bits per heavy atom. The van der Waals surface area contributed by atoms with Gasteiger partial charge in [0.15, 0.2) is 0 Å². The van der Waals surface area contributed by atoms with Gasteiger partial charge < -0.3 is 10.2 Å². The summed E-state index contributed by atoms with van der Waals surface area (Å²) in [4.78, 5) is 14.6. The number of urea groups is 1. The molecule has 2 aromatic carbocycles. The molecular weight excluding hydrogens is 308 g/mol. The molecule has 0 unspecified atom stereocenters. The van der Waals surface area contributed by atoms with Crippen molar-refractivity contribution in [2.45, 2.75) is 25.4 Å². The minimum absolute atomic E-state index is 0.0696. The number of halogens is 1. The van der Waals surface area contributed by atoms with Gasteiger partial charge in [-0.15, -0.1) is 0 Å². The smallest absolute Gasteiger partial charge is 0.317 e. The molecule has 23 heavy (non-hydrogen) atoms. The van der Waals surface area contributed by atoms with Gasteiger partial charge in [-0.05, 0) is 42.7 Å². The van der Waals surface area contributed by atoms with E-state index in [0.717, 1.165) is 24.1 Å². The molecule has 1 aliphatic carbocycles. The van der Waals surface area contributed by atoms with Crippen LogP contribution in [0.2, 0.25) is 5.02 Å². The number of hydrogen-bond donors (Lipinski definition) is 1. The van der Waals surface area contributed by atoms with Crippen LogP contribution >= 0.6 is 11.6 Å². The molecule has 0 radical (unpaired) electrons. The Bertz CT molecular complexity index is 674. The third-order valence-corrected chi connectivity index (χ3v) is 4.23. The zero-order valence-corrected chi connectivity index (χ0v) is 13.5. The quantitative estimate of drug-likeness (QED) is 0.779. The molecule has 1 N–H and O–H groups in total. The van der Waals surface area contributed by atoms with Gasteiger partial charge in [0.25, 0.3) is 0 Å². The number of hydrogen-bond acceptors (Lipinski definition) is 1. The fourth-order valence-corrected chi connectivity index (χ4v) is 2.85. The van der Waals surface area contributed by atoms with E-state index in [1.165, 1.54) is 0 Å². The molecule has 0 aromatic heterocycles. The fraction of sp³-hybridized carbons (Fsp3) is 0.211. The van der Waals surface area contributed by atoms with Crippen molar-refractivity contribution in [1.82, 2.24) is 4.90 Å². The highest BCUT2D eigenvalue weighted by molar-refractivity contribution is 6.30. The summed E-state index contributed by atoms with van der Waals surface area (Å²) in [5.41, 5.74) is 1.88. The zero-order chi connectivity index (χ0) is 16.1. The summed E-state index contributed by atoms with van der Waals surface area (Å²) >= 11 is 5.94. The van der Waals surface area contributed by atoms with Crippen LogP contribution in [-0.2, 0) is 6.54 Å². The van der Waals surface area contributed by atoms with Gasteiger partial charge in [-0.1, -0.05) is 54.1 Å². The Morgan fingerprint density at radius 1 is 1.04 bits per heavy atom. The molecule has 2 amide bonds. The van der Waals surface area contributed by atoms with Crippen molar-refractivity contribution in [3.8, 4) is 0 Å². The molecule has 0 bridgehead atoms. The normalized spacial score (nSPS) is 14.0. The molecule has 1 aliphatic rings. The van der Waals surface area contributed by atoms with Crippen LogP contribution in [0, 0.1) is 0 Å². The maximum Gasteiger partial charge on any atom is 0.322 e. The monoisotopic (exact) mass is 326 g/mol. The Balaban J connectivity index is 1.74. The first-order valence-electron chi connectivity index (χ1n) is 7.74. The highest BCUT2D eigenvalue weighted by atomic mass is 35.5. The van der Waals surface area contributed by atoms with Gasteiger partial charge >= 0.3 is 6.03 Å². The third-order valence-electron chi connectivity index (χ3n) is 3.98. The molecule has 0 saturated heterocycles. The van der Waals surface area contributed by atoms with Crippen LogP contribution < -0.4 is 5.32 Å². The van der Waals surface area contributed by atoms with E-state index < -0.39 is 0 Å². The number of para-hydroxylation sites is 1. The zero-order valence-electron chi connectivity index (χ0n) is 12.8. The Hall–Kier alpha value is -2.26. The van der Waals surface area contributed by atoms with E-state index in [-0.39, 0.29) is 12.1 Å². The average molecular weight is 327 g/mol. The third kappa shape index (κ3) is 4.14. The Morgan fingerprint density at radius 3 is 2.35 bits per heavy atom. The first-order valence-corrected chi connectivity index (χ1v) is 8.12. The van der Waals surface area contributed by atoms with Gasteiger partial charge in [0.05, 0.1) is 0 Å². The minimum atomic E-state index is -0.0696. The van der Waals surface area contributed by atoms with Gasteiger partial charge in [0, 0.05) is 23.3 Å². The number of carbonyl (C=O) groups is 1. The summed E-state index contributed by atoms with van der Waals surface area (Å²) in [6.07, 6.45) is 6.07. The molecule has 4 heteroatoms. The highest BCUT2D eigenvalue weighted by Gasteiger charge is 2.24. The van der Waals surface area contributed by atoms with Gasteiger partial charge in [-0.25, -0.2) is 4.79 Å². The lowest BCUT2D eigenvalue weighted by Gasteiger charge is -2.29. The van der Waals surface area contributed by atoms with Crippen molar-refractivity contribution in [3.05, 3.63) is 77.3 Å². The second-order valence-corrected chi connectivity index (χ2v) is 6.08. The van der Waals surface area contributed by atoms with Crippen molar-refractivity contribution in [2.24, 2.45) is 0 Å². The van der Waals surface area contributed by atoms with Crippen molar-refractivity contribution in [2.75, 3.05) is 5.32 Å². The summed E-state index contributed by atoms with van der Waals surface area (Å²) in [6, 6.07) is 17.3. The molecule has 0 fully saturated rings. The van der Waals surface area contributed by atoms with Crippen LogP contribution in [0.1, 0.15) is 18.4 Å². The number of nitrogens with one attached hydrogen (secondary N) is 1. The molecule has 118 valence electrons. The SMILES string of the molecule is O=C(Nc1ccccc1)N(Cc1ccc(Cl)cc1)C1CC=CC1. The van der Waals surface area contributed by atoms with E-state index in [4.69, 9.17) is 11.6 Å². The fourth-order valence-electron chi connectivity index (χ4n) is 2.73. The van der Waals surface area contributed by atoms with E-state index >= 15 is 0 Å². The molecule has 0 heterocycles. The van der Waals surface area contributed by atoms with E-state index in [1.807, 2.05) is 59.5 Å². The predicted octanol–water partition coefficient (Wildman–Crippen LogP) is 5.09. The van der Waals surface area contributed by atoms with E-state index in [9.17, 15) is 4.79 Å². The van der Waals surface area contributed by atoms with Crippen LogP contribution in [0.25, 0.3) is 0 Å². The number of carbonyl (C=O) groups excluding carboxylic acids is 1. The average Bonchev–Trinajstić information content (AvgIpc) is 3.09. The van der Waals surface area contributed by atoms with Crippen LogP contribution in [0.3, 0.4) is 0 Å².